The third kappa shape index (κ3) is 4.01. The van der Waals surface area contributed by atoms with Crippen molar-refractivity contribution in [2.45, 2.75) is 12.2 Å². The number of hydrogen-bond donors (Lipinski definition) is 1. The number of thioether (sulfide) groups is 1. The number of rotatable bonds is 6. The number of hydrogen-bond acceptors (Lipinski definition) is 4. The highest BCUT2D eigenvalue weighted by Gasteiger charge is 2.09. The van der Waals surface area contributed by atoms with Crippen molar-refractivity contribution in [2.75, 3.05) is 5.75 Å². The van der Waals surface area contributed by atoms with Crippen LogP contribution in [0.2, 0.25) is 5.02 Å². The van der Waals surface area contributed by atoms with Crippen LogP contribution in [0.15, 0.2) is 34.9 Å². The molecule has 100 valence electrons. The number of nitrogens with zero attached hydrogens (tertiary/aromatic N) is 1. The van der Waals surface area contributed by atoms with E-state index in [0.717, 1.165) is 11.3 Å². The van der Waals surface area contributed by atoms with Gasteiger partial charge >= 0.3 is 0 Å². The van der Waals surface area contributed by atoms with Crippen molar-refractivity contribution in [2.24, 2.45) is 5.73 Å². The van der Waals surface area contributed by atoms with Gasteiger partial charge in [0, 0.05) is 17.9 Å². The van der Waals surface area contributed by atoms with Crippen molar-refractivity contribution >= 4 is 29.3 Å². The Labute approximate surface area is 120 Å². The number of nitrogens with two attached hydrogens (primary N) is 1. The molecular weight excluding hydrogens is 284 g/mol. The van der Waals surface area contributed by atoms with Gasteiger partial charge in [-0.25, -0.2) is 4.98 Å². The number of halogens is 1. The lowest BCUT2D eigenvalue weighted by Crippen LogP contribution is -2.10. The molecule has 19 heavy (non-hydrogen) atoms. The van der Waals surface area contributed by atoms with E-state index in [2.05, 4.69) is 4.98 Å². The normalized spacial score (nSPS) is 10.6. The molecule has 1 aromatic carbocycles. The van der Waals surface area contributed by atoms with Crippen LogP contribution in [-0.4, -0.2) is 16.6 Å². The van der Waals surface area contributed by atoms with Gasteiger partial charge in [-0.1, -0.05) is 23.7 Å². The first-order valence-corrected chi connectivity index (χ1v) is 7.25. The van der Waals surface area contributed by atoms with Gasteiger partial charge < -0.3 is 10.2 Å². The van der Waals surface area contributed by atoms with Crippen LogP contribution in [0, 0.1) is 0 Å². The largest absolute Gasteiger partial charge is 0.444 e. The second-order valence-electron chi connectivity index (χ2n) is 3.89. The number of amides is 1. The van der Waals surface area contributed by atoms with Gasteiger partial charge in [-0.2, -0.15) is 11.8 Å². The molecule has 0 aliphatic rings. The number of carbonyl (C=O) groups excluding carboxylic acids is 1. The summed E-state index contributed by atoms with van der Waals surface area (Å²) >= 11 is 7.66. The highest BCUT2D eigenvalue weighted by molar-refractivity contribution is 7.98. The minimum atomic E-state index is -0.288. The molecule has 0 saturated heterocycles. The van der Waals surface area contributed by atoms with Gasteiger partial charge in [0.1, 0.15) is 6.26 Å². The quantitative estimate of drug-likeness (QED) is 0.832. The van der Waals surface area contributed by atoms with Crippen LogP contribution in [0.25, 0.3) is 11.5 Å². The van der Waals surface area contributed by atoms with Crippen LogP contribution in [0.5, 0.6) is 0 Å². The van der Waals surface area contributed by atoms with E-state index in [1.807, 2.05) is 18.2 Å². The zero-order valence-corrected chi connectivity index (χ0v) is 11.7. The first kappa shape index (κ1) is 14.0. The van der Waals surface area contributed by atoms with Gasteiger partial charge in [-0.3, -0.25) is 4.79 Å². The van der Waals surface area contributed by atoms with Crippen LogP contribution < -0.4 is 5.73 Å². The number of benzene rings is 1. The Morgan fingerprint density at radius 3 is 2.95 bits per heavy atom. The average molecular weight is 297 g/mol. The Hall–Kier alpha value is -1.46. The topological polar surface area (TPSA) is 69.1 Å². The zero-order valence-electron chi connectivity index (χ0n) is 10.1. The summed E-state index contributed by atoms with van der Waals surface area (Å²) < 4.78 is 5.41. The highest BCUT2D eigenvalue weighted by atomic mass is 35.5. The standard InChI is InChI=1S/C13H13ClN2O2S/c14-11-4-2-1-3-10(11)13-16-9(7-18-13)8-19-6-5-12(15)17/h1-4,7H,5-6,8H2,(H2,15,17). The fourth-order valence-electron chi connectivity index (χ4n) is 1.48. The fourth-order valence-corrected chi connectivity index (χ4v) is 2.53. The molecule has 4 nitrogen and oxygen atoms in total. The summed E-state index contributed by atoms with van der Waals surface area (Å²) in [6, 6.07) is 7.39. The molecule has 0 aliphatic heterocycles. The van der Waals surface area contributed by atoms with Gasteiger partial charge in [-0.05, 0) is 12.1 Å². The van der Waals surface area contributed by atoms with Crippen molar-refractivity contribution in [3.8, 4) is 11.5 Å². The molecule has 0 unspecified atom stereocenters. The Balaban J connectivity index is 1.96. The molecule has 0 fully saturated rings. The smallest absolute Gasteiger partial charge is 0.227 e. The molecular formula is C13H13ClN2O2S. The van der Waals surface area contributed by atoms with Gasteiger partial charge in [0.05, 0.1) is 16.3 Å². The van der Waals surface area contributed by atoms with Crippen LogP contribution >= 0.6 is 23.4 Å². The lowest BCUT2D eigenvalue weighted by atomic mass is 10.2. The third-order valence-electron chi connectivity index (χ3n) is 2.40. The molecule has 0 spiro atoms. The molecule has 6 heteroatoms. The first-order chi connectivity index (χ1) is 9.16. The summed E-state index contributed by atoms with van der Waals surface area (Å²) in [5.41, 5.74) is 6.67. The van der Waals surface area contributed by atoms with Crippen molar-refractivity contribution < 1.29 is 9.21 Å². The summed E-state index contributed by atoms with van der Waals surface area (Å²) in [6.45, 7) is 0. The lowest BCUT2D eigenvalue weighted by molar-refractivity contribution is -0.117. The SMILES string of the molecule is NC(=O)CCSCc1coc(-c2ccccc2Cl)n1. The first-order valence-electron chi connectivity index (χ1n) is 5.72. The molecule has 0 bridgehead atoms. The maximum Gasteiger partial charge on any atom is 0.227 e. The molecule has 2 N–H and O–H groups in total. The summed E-state index contributed by atoms with van der Waals surface area (Å²) in [5, 5.41) is 0.609. The second-order valence-corrected chi connectivity index (χ2v) is 5.41. The molecule has 0 aliphatic carbocycles. The minimum absolute atomic E-state index is 0.288. The Morgan fingerprint density at radius 2 is 2.21 bits per heavy atom. The maximum atomic E-state index is 10.6. The monoisotopic (exact) mass is 296 g/mol. The Kier molecular flexibility index (Phi) is 4.87. The highest BCUT2D eigenvalue weighted by Crippen LogP contribution is 2.27. The molecule has 0 saturated carbocycles. The lowest BCUT2D eigenvalue weighted by Gasteiger charge is -1.97. The Bertz CT molecular complexity index is 571. The van der Waals surface area contributed by atoms with Gasteiger partial charge in [0.25, 0.3) is 0 Å². The van der Waals surface area contributed by atoms with Gasteiger partial charge in [0.2, 0.25) is 11.8 Å². The number of aromatic nitrogens is 1. The molecule has 2 aromatic rings. The number of oxazole rings is 1. The fraction of sp³-hybridized carbons (Fsp3) is 0.231. The summed E-state index contributed by atoms with van der Waals surface area (Å²) in [4.78, 5) is 15.0. The zero-order chi connectivity index (χ0) is 13.7. The maximum absolute atomic E-state index is 10.6. The molecule has 0 atom stereocenters. The predicted molar refractivity (Wildman–Crippen MR) is 76.9 cm³/mol. The van der Waals surface area contributed by atoms with Gasteiger partial charge in [-0.15, -0.1) is 0 Å². The third-order valence-corrected chi connectivity index (χ3v) is 3.72. The Morgan fingerprint density at radius 1 is 1.42 bits per heavy atom. The second kappa shape index (κ2) is 6.63. The van der Waals surface area contributed by atoms with Crippen molar-refractivity contribution in [3.05, 3.63) is 41.2 Å². The number of carbonyl (C=O) groups is 1. The van der Waals surface area contributed by atoms with E-state index < -0.39 is 0 Å². The van der Waals surface area contributed by atoms with Crippen molar-refractivity contribution in [1.29, 1.82) is 0 Å². The summed E-state index contributed by atoms with van der Waals surface area (Å²) in [5.74, 6) is 1.59. The molecule has 2 rings (SSSR count). The van der Waals surface area contributed by atoms with E-state index in [0.29, 0.717) is 28.8 Å². The van der Waals surface area contributed by atoms with E-state index in [-0.39, 0.29) is 5.91 Å². The van der Waals surface area contributed by atoms with E-state index in [1.54, 1.807) is 24.1 Å². The number of primary amides is 1. The van der Waals surface area contributed by atoms with Crippen LogP contribution in [0.4, 0.5) is 0 Å². The van der Waals surface area contributed by atoms with Crippen LogP contribution in [0.1, 0.15) is 12.1 Å². The summed E-state index contributed by atoms with van der Waals surface area (Å²) in [6.07, 6.45) is 1.98. The van der Waals surface area contributed by atoms with Crippen LogP contribution in [-0.2, 0) is 10.5 Å². The van der Waals surface area contributed by atoms with Crippen LogP contribution in [0.3, 0.4) is 0 Å². The van der Waals surface area contributed by atoms with E-state index >= 15 is 0 Å². The van der Waals surface area contributed by atoms with E-state index in [4.69, 9.17) is 21.8 Å². The van der Waals surface area contributed by atoms with E-state index in [9.17, 15) is 4.79 Å². The molecule has 1 heterocycles. The molecule has 1 aromatic heterocycles. The molecule has 1 amide bonds. The van der Waals surface area contributed by atoms with Gasteiger partial charge in [0.15, 0.2) is 0 Å². The average Bonchev–Trinajstić information content (AvgIpc) is 2.83. The van der Waals surface area contributed by atoms with Crippen molar-refractivity contribution in [3.63, 3.8) is 0 Å². The summed E-state index contributed by atoms with van der Waals surface area (Å²) in [7, 11) is 0. The minimum Gasteiger partial charge on any atom is -0.444 e. The molecule has 0 radical (unpaired) electrons. The predicted octanol–water partition coefficient (Wildman–Crippen LogP) is 3.10. The van der Waals surface area contributed by atoms with E-state index in [1.165, 1.54) is 0 Å². The van der Waals surface area contributed by atoms with Crippen molar-refractivity contribution in [1.82, 2.24) is 4.98 Å².